The number of aliphatic hydroxyl groups excluding tert-OH is 1. The number of aliphatic hydroxyl groups is 1. The molecule has 29 heavy (non-hydrogen) atoms. The number of hydrogen-bond acceptors (Lipinski definition) is 4. The molecule has 1 unspecified atom stereocenters. The molecule has 1 atom stereocenters. The van der Waals surface area contributed by atoms with E-state index in [1.807, 2.05) is 0 Å². The number of rotatable bonds is 6. The van der Waals surface area contributed by atoms with Crippen LogP contribution in [-0.4, -0.2) is 50.0 Å². The van der Waals surface area contributed by atoms with Crippen molar-refractivity contribution >= 4 is 27.8 Å². The average Bonchev–Trinajstić information content (AvgIpc) is 2.74. The molecule has 0 saturated carbocycles. The fourth-order valence-corrected chi connectivity index (χ4v) is 3.78. The molecule has 1 fully saturated rings. The molecule has 0 amide bonds. The van der Waals surface area contributed by atoms with E-state index in [2.05, 4.69) is 78.7 Å². The van der Waals surface area contributed by atoms with Crippen molar-refractivity contribution in [2.24, 2.45) is 0 Å². The molecule has 5 heteroatoms. The Bertz CT molecular complexity index is 931. The molecule has 0 aromatic heterocycles. The minimum Gasteiger partial charge on any atom is -0.396 e. The van der Waals surface area contributed by atoms with E-state index in [0.717, 1.165) is 12.1 Å². The summed E-state index contributed by atoms with van der Waals surface area (Å²) in [6.45, 7) is 2.78. The Kier molecular flexibility index (Phi) is 7.44. The second-order valence-corrected chi connectivity index (χ2v) is 7.40. The number of ether oxygens (including phenoxy) is 2. The quantitative estimate of drug-likeness (QED) is 0.549. The molecule has 4 nitrogen and oxygen atoms in total. The summed E-state index contributed by atoms with van der Waals surface area (Å²) in [7, 11) is 2.08. The smallest absolute Gasteiger partial charge is 0.208 e. The van der Waals surface area contributed by atoms with Crippen molar-refractivity contribution in [2.75, 3.05) is 40.0 Å². The SMILES string of the molecule is Br.CN1CCOC(OCCCO)(c2ccc(-c3ccc4ccccc4c3)cc2)C1. The van der Waals surface area contributed by atoms with E-state index in [1.165, 1.54) is 21.9 Å². The van der Waals surface area contributed by atoms with Gasteiger partial charge in [0.15, 0.2) is 0 Å². The van der Waals surface area contributed by atoms with Crippen LogP contribution in [-0.2, 0) is 15.3 Å². The van der Waals surface area contributed by atoms with E-state index in [4.69, 9.17) is 14.6 Å². The van der Waals surface area contributed by atoms with E-state index in [-0.39, 0.29) is 23.6 Å². The highest BCUT2D eigenvalue weighted by atomic mass is 79.9. The third kappa shape index (κ3) is 4.87. The van der Waals surface area contributed by atoms with Gasteiger partial charge >= 0.3 is 0 Å². The number of fused-ring (bicyclic) bond motifs is 1. The molecule has 4 rings (SSSR count). The summed E-state index contributed by atoms with van der Waals surface area (Å²) in [5.41, 5.74) is 3.38. The van der Waals surface area contributed by atoms with Gasteiger partial charge in [-0.3, -0.25) is 4.90 Å². The van der Waals surface area contributed by atoms with Crippen molar-refractivity contribution in [2.45, 2.75) is 12.2 Å². The van der Waals surface area contributed by atoms with E-state index in [1.54, 1.807) is 0 Å². The average molecular weight is 458 g/mol. The van der Waals surface area contributed by atoms with E-state index < -0.39 is 5.79 Å². The normalized spacial score (nSPS) is 19.8. The lowest BCUT2D eigenvalue weighted by Gasteiger charge is -2.41. The molecule has 1 aliphatic heterocycles. The van der Waals surface area contributed by atoms with E-state index in [9.17, 15) is 0 Å². The van der Waals surface area contributed by atoms with Gasteiger partial charge in [0.2, 0.25) is 5.79 Å². The highest BCUT2D eigenvalue weighted by Crippen LogP contribution is 2.33. The predicted octanol–water partition coefficient (Wildman–Crippen LogP) is 4.60. The molecule has 0 bridgehead atoms. The van der Waals surface area contributed by atoms with E-state index >= 15 is 0 Å². The van der Waals surface area contributed by atoms with Gasteiger partial charge in [0.25, 0.3) is 0 Å². The monoisotopic (exact) mass is 457 g/mol. The molecule has 0 aliphatic carbocycles. The van der Waals surface area contributed by atoms with Crippen molar-refractivity contribution in [3.8, 4) is 11.1 Å². The standard InChI is InChI=1S/C24H27NO3.BrH/c1-25-13-16-28-24(18-25,27-15-4-14-26)23-11-9-20(10-12-23)22-8-7-19-5-2-3-6-21(19)17-22;/h2-3,5-12,17,26H,4,13-16,18H2,1H3;1H. The van der Waals surface area contributed by atoms with Crippen LogP contribution in [0.3, 0.4) is 0 Å². The molecular formula is C24H28BrNO3. The number of hydrogen-bond donors (Lipinski definition) is 1. The first kappa shape index (κ1) is 21.9. The molecule has 0 radical (unpaired) electrons. The summed E-state index contributed by atoms with van der Waals surface area (Å²) in [6, 6.07) is 23.4. The van der Waals surface area contributed by atoms with Crippen LogP contribution in [0.25, 0.3) is 21.9 Å². The molecule has 3 aromatic rings. The van der Waals surface area contributed by atoms with Gasteiger partial charge < -0.3 is 14.6 Å². The second-order valence-electron chi connectivity index (χ2n) is 7.40. The Morgan fingerprint density at radius 3 is 2.45 bits per heavy atom. The van der Waals surface area contributed by atoms with Crippen molar-refractivity contribution < 1.29 is 14.6 Å². The van der Waals surface area contributed by atoms with Crippen molar-refractivity contribution in [3.63, 3.8) is 0 Å². The zero-order chi connectivity index (χ0) is 19.4. The van der Waals surface area contributed by atoms with Crippen LogP contribution < -0.4 is 0 Å². The Morgan fingerprint density at radius 2 is 1.72 bits per heavy atom. The molecule has 1 saturated heterocycles. The fraction of sp³-hybridized carbons (Fsp3) is 0.333. The molecule has 1 heterocycles. The lowest BCUT2D eigenvalue weighted by Crippen LogP contribution is -2.50. The zero-order valence-electron chi connectivity index (χ0n) is 16.7. The molecule has 3 aromatic carbocycles. The summed E-state index contributed by atoms with van der Waals surface area (Å²) in [6.07, 6.45) is 0.601. The van der Waals surface area contributed by atoms with Crippen LogP contribution in [0.2, 0.25) is 0 Å². The van der Waals surface area contributed by atoms with Gasteiger partial charge in [0.1, 0.15) is 0 Å². The van der Waals surface area contributed by atoms with Crippen LogP contribution in [0.1, 0.15) is 12.0 Å². The van der Waals surface area contributed by atoms with Gasteiger partial charge in [-0.15, -0.1) is 17.0 Å². The van der Waals surface area contributed by atoms with Crippen LogP contribution in [0.4, 0.5) is 0 Å². The molecule has 1 N–H and O–H groups in total. The van der Waals surface area contributed by atoms with Crippen LogP contribution >= 0.6 is 17.0 Å². The third-order valence-corrected chi connectivity index (χ3v) is 5.33. The Labute approximate surface area is 182 Å². The van der Waals surface area contributed by atoms with Crippen LogP contribution in [0.5, 0.6) is 0 Å². The maximum Gasteiger partial charge on any atom is 0.208 e. The number of morpholine rings is 1. The topological polar surface area (TPSA) is 41.9 Å². The Morgan fingerprint density at radius 1 is 1.00 bits per heavy atom. The van der Waals surface area contributed by atoms with E-state index in [0.29, 0.717) is 26.2 Å². The first-order chi connectivity index (χ1) is 13.7. The highest BCUT2D eigenvalue weighted by molar-refractivity contribution is 8.93. The Balaban J connectivity index is 0.00000240. The van der Waals surface area contributed by atoms with Crippen LogP contribution in [0, 0.1) is 0 Å². The summed E-state index contributed by atoms with van der Waals surface area (Å²) >= 11 is 0. The predicted molar refractivity (Wildman–Crippen MR) is 122 cm³/mol. The minimum absolute atomic E-state index is 0. The van der Waals surface area contributed by atoms with Gasteiger partial charge in [-0.1, -0.05) is 60.7 Å². The maximum atomic E-state index is 9.11. The first-order valence-electron chi connectivity index (χ1n) is 9.87. The largest absolute Gasteiger partial charge is 0.396 e. The number of benzene rings is 3. The fourth-order valence-electron chi connectivity index (χ4n) is 3.78. The van der Waals surface area contributed by atoms with Crippen molar-refractivity contribution in [3.05, 3.63) is 72.3 Å². The number of nitrogens with zero attached hydrogens (tertiary/aromatic N) is 1. The third-order valence-electron chi connectivity index (χ3n) is 5.33. The molecular weight excluding hydrogens is 430 g/mol. The summed E-state index contributed by atoms with van der Waals surface area (Å²) in [5, 5.41) is 11.6. The van der Waals surface area contributed by atoms with Gasteiger partial charge in [0, 0.05) is 18.7 Å². The number of likely N-dealkylation sites (N-methyl/N-ethyl adjacent to an activating group) is 1. The van der Waals surface area contributed by atoms with Gasteiger partial charge in [-0.25, -0.2) is 0 Å². The summed E-state index contributed by atoms with van der Waals surface area (Å²) in [5.74, 6) is -0.774. The first-order valence-corrected chi connectivity index (χ1v) is 9.87. The van der Waals surface area contributed by atoms with Crippen molar-refractivity contribution in [1.29, 1.82) is 0 Å². The van der Waals surface area contributed by atoms with Crippen molar-refractivity contribution in [1.82, 2.24) is 4.90 Å². The molecule has 1 aliphatic rings. The zero-order valence-corrected chi connectivity index (χ0v) is 18.4. The lowest BCUT2D eigenvalue weighted by molar-refractivity contribution is -0.275. The Hall–Kier alpha value is -1.76. The summed E-state index contributed by atoms with van der Waals surface area (Å²) < 4.78 is 12.3. The van der Waals surface area contributed by atoms with Gasteiger partial charge in [0.05, 0.1) is 19.8 Å². The minimum atomic E-state index is -0.774. The van der Waals surface area contributed by atoms with Crippen LogP contribution in [0.15, 0.2) is 66.7 Å². The molecule has 154 valence electrons. The number of halogens is 1. The maximum absolute atomic E-state index is 9.11. The lowest BCUT2D eigenvalue weighted by atomic mass is 9.97. The second kappa shape index (κ2) is 9.83. The summed E-state index contributed by atoms with van der Waals surface area (Å²) in [4.78, 5) is 2.22. The highest BCUT2D eigenvalue weighted by Gasteiger charge is 2.38. The molecule has 0 spiro atoms. The van der Waals surface area contributed by atoms with Gasteiger partial charge in [-0.05, 0) is 41.4 Å². The van der Waals surface area contributed by atoms with Gasteiger partial charge in [-0.2, -0.15) is 0 Å².